The molecule has 1 atom stereocenters. The van der Waals surface area contributed by atoms with Crippen molar-refractivity contribution in [1.82, 2.24) is 10.3 Å². The van der Waals surface area contributed by atoms with Gasteiger partial charge in [-0.1, -0.05) is 6.07 Å². The monoisotopic (exact) mass is 244 g/mol. The number of hydrogen-bond donors (Lipinski definition) is 2. The fourth-order valence-corrected chi connectivity index (χ4v) is 2.60. The molecule has 4 heteroatoms. The predicted octanol–water partition coefficient (Wildman–Crippen LogP) is 2.38. The number of ether oxygens (including phenoxy) is 1. The fourth-order valence-electron chi connectivity index (χ4n) is 2.60. The van der Waals surface area contributed by atoms with E-state index < -0.39 is 0 Å². The van der Waals surface area contributed by atoms with Gasteiger partial charge in [0.05, 0.1) is 12.7 Å². The Morgan fingerprint density at radius 3 is 3.06 bits per heavy atom. The number of esters is 1. The van der Waals surface area contributed by atoms with Crippen LogP contribution in [0.25, 0.3) is 10.9 Å². The summed E-state index contributed by atoms with van der Waals surface area (Å²) in [5.41, 5.74) is 2.76. The van der Waals surface area contributed by atoms with Gasteiger partial charge in [-0.3, -0.25) is 0 Å². The second-order valence-electron chi connectivity index (χ2n) is 4.63. The summed E-state index contributed by atoms with van der Waals surface area (Å²) in [6.45, 7) is 1.06. The van der Waals surface area contributed by atoms with Gasteiger partial charge in [0.25, 0.3) is 0 Å². The van der Waals surface area contributed by atoms with E-state index in [-0.39, 0.29) is 5.97 Å². The first-order valence-corrected chi connectivity index (χ1v) is 6.23. The molecular formula is C14H16N2O2. The van der Waals surface area contributed by atoms with Crippen LogP contribution in [0, 0.1) is 0 Å². The smallest absolute Gasteiger partial charge is 0.338 e. The first-order valence-electron chi connectivity index (χ1n) is 6.23. The summed E-state index contributed by atoms with van der Waals surface area (Å²) < 4.78 is 4.81. The zero-order chi connectivity index (χ0) is 12.5. The van der Waals surface area contributed by atoms with Crippen LogP contribution in [0.15, 0.2) is 24.3 Å². The summed E-state index contributed by atoms with van der Waals surface area (Å²) in [6, 6.07) is 8.10. The van der Waals surface area contributed by atoms with Crippen molar-refractivity contribution in [3.05, 3.63) is 35.5 Å². The number of carbonyl (C=O) groups excluding carboxylic acids is 1. The van der Waals surface area contributed by atoms with Gasteiger partial charge in [0, 0.05) is 22.6 Å². The molecule has 1 aromatic heterocycles. The van der Waals surface area contributed by atoms with Crippen LogP contribution in [-0.2, 0) is 4.74 Å². The lowest BCUT2D eigenvalue weighted by atomic mass is 10.1. The van der Waals surface area contributed by atoms with Crippen LogP contribution in [0.4, 0.5) is 0 Å². The number of H-pyrrole nitrogens is 1. The van der Waals surface area contributed by atoms with Crippen molar-refractivity contribution >= 4 is 16.9 Å². The highest BCUT2D eigenvalue weighted by Gasteiger charge is 2.19. The Morgan fingerprint density at radius 2 is 2.33 bits per heavy atom. The van der Waals surface area contributed by atoms with E-state index in [1.165, 1.54) is 13.5 Å². The first kappa shape index (κ1) is 11.3. The largest absolute Gasteiger partial charge is 0.465 e. The van der Waals surface area contributed by atoms with Gasteiger partial charge < -0.3 is 15.0 Å². The molecule has 0 spiro atoms. The zero-order valence-electron chi connectivity index (χ0n) is 10.3. The Hall–Kier alpha value is -1.81. The van der Waals surface area contributed by atoms with Gasteiger partial charge in [0.15, 0.2) is 0 Å². The molecule has 2 N–H and O–H groups in total. The second kappa shape index (κ2) is 4.46. The van der Waals surface area contributed by atoms with Crippen LogP contribution in [0.5, 0.6) is 0 Å². The average Bonchev–Trinajstić information content (AvgIpc) is 3.04. The maximum absolute atomic E-state index is 11.7. The Labute approximate surface area is 105 Å². The van der Waals surface area contributed by atoms with Crippen molar-refractivity contribution < 1.29 is 9.53 Å². The van der Waals surface area contributed by atoms with Crippen molar-refractivity contribution in [2.45, 2.75) is 18.9 Å². The molecule has 3 rings (SSSR count). The third kappa shape index (κ3) is 1.78. The minimum atomic E-state index is -0.287. The number of aromatic amines is 1. The van der Waals surface area contributed by atoms with Gasteiger partial charge in [-0.2, -0.15) is 0 Å². The van der Waals surface area contributed by atoms with Gasteiger partial charge in [-0.15, -0.1) is 0 Å². The lowest BCUT2D eigenvalue weighted by Crippen LogP contribution is -2.12. The number of aromatic nitrogens is 1. The third-order valence-corrected chi connectivity index (χ3v) is 3.53. The summed E-state index contributed by atoms with van der Waals surface area (Å²) in [6.07, 6.45) is 2.34. The molecule has 0 amide bonds. The van der Waals surface area contributed by atoms with Gasteiger partial charge in [-0.05, 0) is 37.6 Å². The summed E-state index contributed by atoms with van der Waals surface area (Å²) >= 11 is 0. The van der Waals surface area contributed by atoms with Gasteiger partial charge in [-0.25, -0.2) is 4.79 Å². The van der Waals surface area contributed by atoms with Crippen molar-refractivity contribution in [3.8, 4) is 0 Å². The molecule has 1 unspecified atom stereocenters. The van der Waals surface area contributed by atoms with E-state index in [2.05, 4.69) is 16.4 Å². The molecule has 4 nitrogen and oxygen atoms in total. The Kier molecular flexibility index (Phi) is 2.80. The van der Waals surface area contributed by atoms with E-state index in [9.17, 15) is 4.79 Å². The molecule has 0 saturated carbocycles. The Balaban J connectivity index is 2.08. The summed E-state index contributed by atoms with van der Waals surface area (Å²) in [7, 11) is 1.41. The quantitative estimate of drug-likeness (QED) is 0.797. The minimum absolute atomic E-state index is 0.287. The Bertz CT molecular complexity index is 582. The third-order valence-electron chi connectivity index (χ3n) is 3.53. The van der Waals surface area contributed by atoms with Crippen molar-refractivity contribution in [3.63, 3.8) is 0 Å². The highest BCUT2D eigenvalue weighted by Crippen LogP contribution is 2.27. The molecule has 0 radical (unpaired) electrons. The minimum Gasteiger partial charge on any atom is -0.465 e. The van der Waals surface area contributed by atoms with Crippen LogP contribution in [0.1, 0.15) is 34.9 Å². The SMILES string of the molecule is COC(=O)c1cccc2[nH]c(C3CCCN3)cc12. The van der Waals surface area contributed by atoms with Crippen molar-refractivity contribution in [2.75, 3.05) is 13.7 Å². The van der Waals surface area contributed by atoms with Crippen LogP contribution >= 0.6 is 0 Å². The lowest BCUT2D eigenvalue weighted by Gasteiger charge is -2.06. The fraction of sp³-hybridized carbons (Fsp3) is 0.357. The summed E-state index contributed by atoms with van der Waals surface area (Å²) in [5.74, 6) is -0.287. The number of carbonyl (C=O) groups is 1. The number of nitrogens with one attached hydrogen (secondary N) is 2. The molecule has 1 saturated heterocycles. The number of rotatable bonds is 2. The predicted molar refractivity (Wildman–Crippen MR) is 69.6 cm³/mol. The molecule has 1 aliphatic heterocycles. The number of fused-ring (bicyclic) bond motifs is 1. The van der Waals surface area contributed by atoms with Crippen LogP contribution in [-0.4, -0.2) is 24.6 Å². The van der Waals surface area contributed by atoms with Crippen molar-refractivity contribution in [2.24, 2.45) is 0 Å². The van der Waals surface area contributed by atoms with Gasteiger partial charge >= 0.3 is 5.97 Å². The van der Waals surface area contributed by atoms with E-state index in [0.29, 0.717) is 11.6 Å². The summed E-state index contributed by atoms with van der Waals surface area (Å²) in [4.78, 5) is 15.1. The maximum atomic E-state index is 11.7. The van der Waals surface area contributed by atoms with Gasteiger partial charge in [0.2, 0.25) is 0 Å². The molecular weight excluding hydrogens is 228 g/mol. The highest BCUT2D eigenvalue weighted by atomic mass is 16.5. The normalized spacial score (nSPS) is 19.3. The number of hydrogen-bond acceptors (Lipinski definition) is 3. The summed E-state index contributed by atoms with van der Waals surface area (Å²) in [5, 5.41) is 4.39. The highest BCUT2D eigenvalue weighted by molar-refractivity contribution is 6.03. The van der Waals surface area contributed by atoms with Crippen LogP contribution < -0.4 is 5.32 Å². The number of methoxy groups -OCH3 is 1. The van der Waals surface area contributed by atoms with E-state index in [0.717, 1.165) is 29.6 Å². The van der Waals surface area contributed by atoms with Crippen LogP contribution in [0.3, 0.4) is 0 Å². The second-order valence-corrected chi connectivity index (χ2v) is 4.63. The lowest BCUT2D eigenvalue weighted by molar-refractivity contribution is 0.0603. The standard InChI is InChI=1S/C14H16N2O2/c1-18-14(17)9-4-2-5-11-10(9)8-13(16-11)12-6-3-7-15-12/h2,4-5,8,12,15-16H,3,6-7H2,1H3. The molecule has 1 aromatic carbocycles. The van der Waals surface area contributed by atoms with Crippen LogP contribution in [0.2, 0.25) is 0 Å². The first-order chi connectivity index (χ1) is 8.79. The van der Waals surface area contributed by atoms with Gasteiger partial charge in [0.1, 0.15) is 0 Å². The topological polar surface area (TPSA) is 54.1 Å². The van der Waals surface area contributed by atoms with E-state index in [4.69, 9.17) is 4.74 Å². The van der Waals surface area contributed by atoms with E-state index >= 15 is 0 Å². The number of benzene rings is 1. The van der Waals surface area contributed by atoms with E-state index in [1.807, 2.05) is 12.1 Å². The zero-order valence-corrected chi connectivity index (χ0v) is 10.3. The maximum Gasteiger partial charge on any atom is 0.338 e. The molecule has 2 aromatic rings. The molecule has 0 bridgehead atoms. The molecule has 0 aliphatic carbocycles. The molecule has 2 heterocycles. The molecule has 18 heavy (non-hydrogen) atoms. The van der Waals surface area contributed by atoms with E-state index in [1.54, 1.807) is 6.07 Å². The van der Waals surface area contributed by atoms with Crippen molar-refractivity contribution in [1.29, 1.82) is 0 Å². The molecule has 94 valence electrons. The average molecular weight is 244 g/mol. The molecule has 1 fully saturated rings. The molecule has 1 aliphatic rings. The Morgan fingerprint density at radius 1 is 1.44 bits per heavy atom.